The molecular weight excluding hydrogens is 398 g/mol. The highest BCUT2D eigenvalue weighted by atomic mass is 32.2. The number of hydrogen-bond donors (Lipinski definition) is 1. The van der Waals surface area contributed by atoms with Crippen LogP contribution in [0.3, 0.4) is 0 Å². The van der Waals surface area contributed by atoms with Crippen molar-refractivity contribution in [2.75, 3.05) is 50.4 Å². The van der Waals surface area contributed by atoms with Gasteiger partial charge in [-0.05, 0) is 63.1 Å². The Balaban J connectivity index is 1.36. The minimum absolute atomic E-state index is 0.135. The third kappa shape index (κ3) is 4.85. The first kappa shape index (κ1) is 22.1. The molecule has 0 unspecified atom stereocenters. The van der Waals surface area contributed by atoms with Gasteiger partial charge in [-0.25, -0.2) is 8.42 Å². The van der Waals surface area contributed by atoms with E-state index in [1.165, 1.54) is 17.5 Å². The molecule has 4 rings (SSSR count). The molecule has 0 amide bonds. The zero-order valence-electron chi connectivity index (χ0n) is 18.5. The van der Waals surface area contributed by atoms with E-state index in [1.807, 2.05) is 0 Å². The number of anilines is 1. The number of benzene rings is 1. The number of aryl methyl sites for hydroxylation is 1. The van der Waals surface area contributed by atoms with Crippen LogP contribution in [0.4, 0.5) is 5.69 Å². The molecule has 1 N–H and O–H groups in total. The summed E-state index contributed by atoms with van der Waals surface area (Å²) in [5, 5.41) is 11.3. The van der Waals surface area contributed by atoms with Crippen LogP contribution < -0.4 is 4.90 Å². The zero-order chi connectivity index (χ0) is 21.4. The maximum absolute atomic E-state index is 12.3. The predicted octanol–water partition coefficient (Wildman–Crippen LogP) is 2.46. The van der Waals surface area contributed by atoms with Gasteiger partial charge >= 0.3 is 0 Å². The number of aliphatic hydroxyl groups is 1. The van der Waals surface area contributed by atoms with Crippen LogP contribution in [0.1, 0.15) is 44.1 Å². The number of likely N-dealkylation sites (tertiary alicyclic amines) is 1. The molecule has 168 valence electrons. The molecule has 6 nitrogen and oxygen atoms in total. The van der Waals surface area contributed by atoms with Gasteiger partial charge in [0.1, 0.15) is 0 Å². The Kier molecular flexibility index (Phi) is 6.45. The van der Waals surface area contributed by atoms with Crippen LogP contribution in [-0.4, -0.2) is 79.9 Å². The van der Waals surface area contributed by atoms with Gasteiger partial charge in [0, 0.05) is 44.5 Å². The van der Waals surface area contributed by atoms with Crippen LogP contribution in [0.25, 0.3) is 0 Å². The molecular formula is C23H37N3O3S. The van der Waals surface area contributed by atoms with Crippen LogP contribution in [0, 0.1) is 12.8 Å². The minimum Gasteiger partial charge on any atom is -0.388 e. The molecule has 0 spiro atoms. The lowest BCUT2D eigenvalue weighted by Crippen LogP contribution is -2.56. The van der Waals surface area contributed by atoms with Crippen molar-refractivity contribution < 1.29 is 13.5 Å². The summed E-state index contributed by atoms with van der Waals surface area (Å²) in [5.41, 5.74) is 1.92. The summed E-state index contributed by atoms with van der Waals surface area (Å²) in [7, 11) is -3.15. The van der Waals surface area contributed by atoms with E-state index in [4.69, 9.17) is 0 Å². The van der Waals surface area contributed by atoms with E-state index in [1.54, 1.807) is 4.31 Å². The number of rotatable bonds is 4. The molecule has 0 radical (unpaired) electrons. The van der Waals surface area contributed by atoms with Crippen molar-refractivity contribution in [1.82, 2.24) is 9.21 Å². The topological polar surface area (TPSA) is 64.1 Å². The molecule has 1 aromatic carbocycles. The van der Waals surface area contributed by atoms with Crippen LogP contribution in [0.15, 0.2) is 24.3 Å². The Morgan fingerprint density at radius 2 is 1.80 bits per heavy atom. The van der Waals surface area contributed by atoms with E-state index in [2.05, 4.69) is 41.0 Å². The lowest BCUT2D eigenvalue weighted by molar-refractivity contribution is -0.0317. The van der Waals surface area contributed by atoms with Crippen LogP contribution in [0.2, 0.25) is 0 Å². The van der Waals surface area contributed by atoms with Gasteiger partial charge in [0.25, 0.3) is 0 Å². The maximum Gasteiger partial charge on any atom is 0.211 e. The fourth-order valence-corrected chi connectivity index (χ4v) is 7.04. The van der Waals surface area contributed by atoms with Gasteiger partial charge in [-0.15, -0.1) is 0 Å². The van der Waals surface area contributed by atoms with E-state index < -0.39 is 15.6 Å². The van der Waals surface area contributed by atoms with Crippen molar-refractivity contribution in [3.05, 3.63) is 29.8 Å². The Hall–Kier alpha value is -1.15. The highest BCUT2D eigenvalue weighted by Crippen LogP contribution is 2.34. The average molecular weight is 436 g/mol. The molecule has 7 heteroatoms. The normalized spacial score (nSPS) is 28.7. The van der Waals surface area contributed by atoms with Gasteiger partial charge in [-0.3, -0.25) is 0 Å². The quantitative estimate of drug-likeness (QED) is 0.787. The molecule has 30 heavy (non-hydrogen) atoms. The Labute approximate surface area is 181 Å². The van der Waals surface area contributed by atoms with Gasteiger partial charge in [0.15, 0.2) is 0 Å². The van der Waals surface area contributed by atoms with Gasteiger partial charge in [-0.1, -0.05) is 24.6 Å². The van der Waals surface area contributed by atoms with Crippen molar-refractivity contribution in [2.24, 2.45) is 5.92 Å². The molecule has 1 aromatic rings. The first-order valence-corrected chi connectivity index (χ1v) is 13.3. The Morgan fingerprint density at radius 3 is 2.50 bits per heavy atom. The van der Waals surface area contributed by atoms with Gasteiger partial charge in [0.05, 0.1) is 11.9 Å². The summed E-state index contributed by atoms with van der Waals surface area (Å²) in [5.74, 6) is 0.381. The summed E-state index contributed by atoms with van der Waals surface area (Å²) in [6.07, 6.45) is 6.93. The molecule has 2 atom stereocenters. The van der Waals surface area contributed by atoms with E-state index in [-0.39, 0.29) is 6.04 Å². The number of β-amino-alcohol motifs (C(OH)–C–C–N with tert-alkyl or cyclic N) is 1. The zero-order valence-corrected chi connectivity index (χ0v) is 19.3. The number of nitrogens with zero attached hydrogens (tertiary/aromatic N) is 3. The maximum atomic E-state index is 12.3. The molecule has 0 aromatic heterocycles. The predicted molar refractivity (Wildman–Crippen MR) is 121 cm³/mol. The summed E-state index contributed by atoms with van der Waals surface area (Å²) < 4.78 is 26.3. The minimum atomic E-state index is -3.15. The fraction of sp³-hybridized carbons (Fsp3) is 0.739. The first-order valence-electron chi connectivity index (χ1n) is 11.5. The number of sulfonamides is 1. The second-order valence-corrected chi connectivity index (χ2v) is 11.7. The van der Waals surface area contributed by atoms with Crippen molar-refractivity contribution in [3.63, 3.8) is 0 Å². The molecule has 3 saturated heterocycles. The highest BCUT2D eigenvalue weighted by Gasteiger charge is 2.41. The van der Waals surface area contributed by atoms with Crippen molar-refractivity contribution in [2.45, 2.75) is 57.1 Å². The van der Waals surface area contributed by atoms with Crippen molar-refractivity contribution in [1.29, 1.82) is 0 Å². The van der Waals surface area contributed by atoms with E-state index in [0.717, 1.165) is 64.7 Å². The Bertz CT molecular complexity index is 836. The van der Waals surface area contributed by atoms with Crippen LogP contribution in [0.5, 0.6) is 0 Å². The van der Waals surface area contributed by atoms with Crippen molar-refractivity contribution in [3.8, 4) is 0 Å². The monoisotopic (exact) mass is 435 g/mol. The molecule has 0 bridgehead atoms. The summed E-state index contributed by atoms with van der Waals surface area (Å²) in [6.45, 7) is 7.05. The number of fused-ring (bicyclic) bond motifs is 1. The summed E-state index contributed by atoms with van der Waals surface area (Å²) >= 11 is 0. The second kappa shape index (κ2) is 8.77. The summed E-state index contributed by atoms with van der Waals surface area (Å²) in [6, 6.07) is 8.61. The average Bonchev–Trinajstić information content (AvgIpc) is 2.91. The van der Waals surface area contributed by atoms with Gasteiger partial charge < -0.3 is 14.9 Å². The molecule has 3 heterocycles. The highest BCUT2D eigenvalue weighted by molar-refractivity contribution is 7.88. The smallest absolute Gasteiger partial charge is 0.211 e. The number of para-hydroxylation sites is 1. The SMILES string of the molecule is Cc1ccccc1N1CCC(O)(CN2CC[C@@H]3[C@@H](CCCCN3S(C)(=O)=O)C2)CC1. The third-order valence-corrected chi connectivity index (χ3v) is 8.75. The molecule has 3 aliphatic rings. The molecule has 3 fully saturated rings. The largest absolute Gasteiger partial charge is 0.388 e. The fourth-order valence-electron chi connectivity index (χ4n) is 5.81. The molecule has 0 saturated carbocycles. The first-order chi connectivity index (χ1) is 14.3. The van der Waals surface area contributed by atoms with Crippen LogP contribution in [-0.2, 0) is 10.0 Å². The lowest BCUT2D eigenvalue weighted by atomic mass is 9.86. The van der Waals surface area contributed by atoms with E-state index >= 15 is 0 Å². The van der Waals surface area contributed by atoms with Gasteiger partial charge in [0.2, 0.25) is 10.0 Å². The Morgan fingerprint density at radius 1 is 1.07 bits per heavy atom. The second-order valence-electron chi connectivity index (χ2n) is 9.72. The van der Waals surface area contributed by atoms with Crippen molar-refractivity contribution >= 4 is 15.7 Å². The van der Waals surface area contributed by atoms with E-state index in [9.17, 15) is 13.5 Å². The standard InChI is InChI=1S/C23H37N3O3S/c1-19-7-3-4-9-21(19)25-15-11-23(27,12-16-25)18-24-14-10-22-20(17-24)8-5-6-13-26(22)30(2,28)29/h3-4,7,9,20,22,27H,5-6,8,10-18H2,1-2H3/t20-,22+/m0/s1. The lowest BCUT2D eigenvalue weighted by Gasteiger charge is -2.46. The third-order valence-electron chi connectivity index (χ3n) is 7.45. The van der Waals surface area contributed by atoms with Gasteiger partial charge in [-0.2, -0.15) is 4.31 Å². The van der Waals surface area contributed by atoms with E-state index in [0.29, 0.717) is 19.0 Å². The summed E-state index contributed by atoms with van der Waals surface area (Å²) in [4.78, 5) is 4.79. The van der Waals surface area contributed by atoms with Crippen LogP contribution >= 0.6 is 0 Å². The number of hydrogen-bond acceptors (Lipinski definition) is 5. The molecule has 3 aliphatic heterocycles. The molecule has 0 aliphatic carbocycles. The number of piperidine rings is 2.